The second kappa shape index (κ2) is 4.27. The number of fused-ring (bicyclic) bond motifs is 1. The zero-order valence-electron chi connectivity index (χ0n) is 7.25. The van der Waals surface area contributed by atoms with E-state index >= 15 is 0 Å². The Balaban J connectivity index is 0.000000980. The van der Waals surface area contributed by atoms with Gasteiger partial charge in [0.15, 0.2) is 0 Å². The first-order valence-electron chi connectivity index (χ1n) is 3.99. The van der Waals surface area contributed by atoms with Crippen LogP contribution in [0.2, 0.25) is 0 Å². The molecule has 0 saturated heterocycles. The SMILES string of the molecule is O=C(O)c1ccc2ccccc2c1.[Fe]. The zero-order valence-corrected chi connectivity index (χ0v) is 8.35. The fourth-order valence-electron chi connectivity index (χ4n) is 1.32. The Morgan fingerprint density at radius 3 is 2.29 bits per heavy atom. The standard InChI is InChI=1S/C11H8O2.Fe/c12-11(13)10-6-5-8-3-1-2-4-9(8)7-10;/h1-7H,(H,12,13);. The van der Waals surface area contributed by atoms with Crippen molar-refractivity contribution in [3.63, 3.8) is 0 Å². The van der Waals surface area contributed by atoms with Crippen molar-refractivity contribution >= 4 is 16.7 Å². The third kappa shape index (κ3) is 1.95. The fourth-order valence-corrected chi connectivity index (χ4v) is 1.32. The summed E-state index contributed by atoms with van der Waals surface area (Å²) in [5, 5.41) is 10.8. The van der Waals surface area contributed by atoms with Crippen molar-refractivity contribution < 1.29 is 27.0 Å². The van der Waals surface area contributed by atoms with Crippen molar-refractivity contribution in [2.45, 2.75) is 0 Å². The van der Waals surface area contributed by atoms with Crippen LogP contribution in [0.15, 0.2) is 42.5 Å². The van der Waals surface area contributed by atoms with Crippen molar-refractivity contribution in [3.8, 4) is 0 Å². The van der Waals surface area contributed by atoms with Crippen LogP contribution in [0.3, 0.4) is 0 Å². The molecule has 0 fully saturated rings. The first-order chi connectivity index (χ1) is 6.27. The van der Waals surface area contributed by atoms with Gasteiger partial charge in [-0.15, -0.1) is 0 Å². The van der Waals surface area contributed by atoms with Gasteiger partial charge >= 0.3 is 5.97 Å². The Kier molecular flexibility index (Phi) is 3.28. The summed E-state index contributed by atoms with van der Waals surface area (Å²) in [6, 6.07) is 12.8. The number of carbonyl (C=O) groups is 1. The third-order valence-electron chi connectivity index (χ3n) is 2.00. The van der Waals surface area contributed by atoms with E-state index in [1.165, 1.54) is 0 Å². The van der Waals surface area contributed by atoms with Gasteiger partial charge in [0.25, 0.3) is 0 Å². The first kappa shape index (κ1) is 10.8. The van der Waals surface area contributed by atoms with Gasteiger partial charge in [-0.2, -0.15) is 0 Å². The number of aromatic carboxylic acids is 1. The topological polar surface area (TPSA) is 37.3 Å². The van der Waals surface area contributed by atoms with E-state index in [4.69, 9.17) is 5.11 Å². The minimum atomic E-state index is -0.884. The van der Waals surface area contributed by atoms with Gasteiger partial charge in [-0.3, -0.25) is 0 Å². The van der Waals surface area contributed by atoms with Crippen LogP contribution in [0, 0.1) is 0 Å². The molecule has 0 spiro atoms. The smallest absolute Gasteiger partial charge is 0.335 e. The molecule has 0 radical (unpaired) electrons. The van der Waals surface area contributed by atoms with Crippen LogP contribution in [-0.2, 0) is 17.1 Å². The van der Waals surface area contributed by atoms with Crippen molar-refractivity contribution in [2.75, 3.05) is 0 Å². The Morgan fingerprint density at radius 1 is 1.00 bits per heavy atom. The van der Waals surface area contributed by atoms with Crippen molar-refractivity contribution in [1.82, 2.24) is 0 Å². The molecule has 2 nitrogen and oxygen atoms in total. The summed E-state index contributed by atoms with van der Waals surface area (Å²) in [4.78, 5) is 10.6. The average Bonchev–Trinajstić information content (AvgIpc) is 2.17. The maximum Gasteiger partial charge on any atom is 0.335 e. The summed E-state index contributed by atoms with van der Waals surface area (Å²) >= 11 is 0. The molecular formula is C11H8FeO2. The molecule has 2 aromatic rings. The van der Waals surface area contributed by atoms with E-state index in [0.717, 1.165) is 10.8 Å². The fraction of sp³-hybridized carbons (Fsp3) is 0. The van der Waals surface area contributed by atoms with Crippen molar-refractivity contribution in [1.29, 1.82) is 0 Å². The average molecular weight is 228 g/mol. The van der Waals surface area contributed by atoms with Gasteiger partial charge < -0.3 is 5.11 Å². The van der Waals surface area contributed by atoms with Crippen LogP contribution in [0.25, 0.3) is 10.8 Å². The number of hydrogen-bond donors (Lipinski definition) is 1. The van der Waals surface area contributed by atoms with Gasteiger partial charge in [0, 0.05) is 17.1 Å². The molecule has 3 heteroatoms. The van der Waals surface area contributed by atoms with Gasteiger partial charge in [-0.05, 0) is 22.9 Å². The normalized spacial score (nSPS) is 9.43. The van der Waals surface area contributed by atoms with Crippen LogP contribution in [0.5, 0.6) is 0 Å². The molecule has 0 unspecified atom stereocenters. The quantitative estimate of drug-likeness (QED) is 0.761. The summed E-state index contributed by atoms with van der Waals surface area (Å²) in [5.74, 6) is -0.884. The Morgan fingerprint density at radius 2 is 1.64 bits per heavy atom. The molecule has 0 aliphatic carbocycles. The number of carboxylic acids is 1. The van der Waals surface area contributed by atoms with Gasteiger partial charge in [0.2, 0.25) is 0 Å². The Labute approximate surface area is 92.0 Å². The molecule has 1 N–H and O–H groups in total. The van der Waals surface area contributed by atoms with Crippen molar-refractivity contribution in [3.05, 3.63) is 48.0 Å². The second-order valence-electron chi connectivity index (χ2n) is 2.87. The molecule has 0 amide bonds. The molecule has 0 atom stereocenters. The molecular weight excluding hydrogens is 220 g/mol. The van der Waals surface area contributed by atoms with E-state index in [1.54, 1.807) is 12.1 Å². The van der Waals surface area contributed by atoms with E-state index in [0.29, 0.717) is 5.56 Å². The van der Waals surface area contributed by atoms with E-state index in [2.05, 4.69) is 0 Å². The van der Waals surface area contributed by atoms with Crippen LogP contribution in [-0.4, -0.2) is 11.1 Å². The minimum Gasteiger partial charge on any atom is -0.478 e. The van der Waals surface area contributed by atoms with Crippen LogP contribution in [0.4, 0.5) is 0 Å². The summed E-state index contributed by atoms with van der Waals surface area (Å²) in [6.07, 6.45) is 0. The predicted octanol–water partition coefficient (Wildman–Crippen LogP) is 2.54. The molecule has 72 valence electrons. The molecule has 0 aliphatic heterocycles. The number of benzene rings is 2. The van der Waals surface area contributed by atoms with Gasteiger partial charge in [0.05, 0.1) is 5.56 Å². The molecule has 14 heavy (non-hydrogen) atoms. The van der Waals surface area contributed by atoms with E-state index in [9.17, 15) is 4.79 Å². The second-order valence-corrected chi connectivity index (χ2v) is 2.87. The van der Waals surface area contributed by atoms with Gasteiger partial charge in [0.1, 0.15) is 0 Å². The maximum atomic E-state index is 10.6. The maximum absolute atomic E-state index is 10.6. The molecule has 0 aliphatic rings. The van der Waals surface area contributed by atoms with E-state index < -0.39 is 5.97 Å². The van der Waals surface area contributed by atoms with E-state index in [1.807, 2.05) is 30.3 Å². The van der Waals surface area contributed by atoms with E-state index in [-0.39, 0.29) is 17.1 Å². The molecule has 2 aromatic carbocycles. The zero-order chi connectivity index (χ0) is 9.26. The number of hydrogen-bond acceptors (Lipinski definition) is 1. The van der Waals surface area contributed by atoms with Crippen LogP contribution in [0.1, 0.15) is 10.4 Å². The monoisotopic (exact) mass is 228 g/mol. The first-order valence-corrected chi connectivity index (χ1v) is 3.99. The number of carboxylic acid groups (broad SMARTS) is 1. The Hall–Kier alpha value is -1.31. The van der Waals surface area contributed by atoms with Crippen molar-refractivity contribution in [2.24, 2.45) is 0 Å². The van der Waals surface area contributed by atoms with Gasteiger partial charge in [-0.25, -0.2) is 4.79 Å². The molecule has 2 rings (SSSR count). The minimum absolute atomic E-state index is 0. The molecule has 0 bridgehead atoms. The van der Waals surface area contributed by atoms with Crippen LogP contribution < -0.4 is 0 Å². The van der Waals surface area contributed by atoms with Gasteiger partial charge in [-0.1, -0.05) is 30.3 Å². The predicted molar refractivity (Wildman–Crippen MR) is 50.9 cm³/mol. The third-order valence-corrected chi connectivity index (χ3v) is 2.00. The van der Waals surface area contributed by atoms with Crippen LogP contribution >= 0.6 is 0 Å². The summed E-state index contributed by atoms with van der Waals surface area (Å²) in [6.45, 7) is 0. The summed E-state index contributed by atoms with van der Waals surface area (Å²) in [5.41, 5.74) is 0.332. The summed E-state index contributed by atoms with van der Waals surface area (Å²) in [7, 11) is 0. The molecule has 0 heterocycles. The molecule has 0 aromatic heterocycles. The summed E-state index contributed by atoms with van der Waals surface area (Å²) < 4.78 is 0. The largest absolute Gasteiger partial charge is 0.478 e. The Bertz CT molecular complexity index is 466. The number of rotatable bonds is 1. The molecule has 0 saturated carbocycles.